The van der Waals surface area contributed by atoms with Gasteiger partial charge in [0.1, 0.15) is 29.3 Å². The molecule has 2 atom stereocenters. The van der Waals surface area contributed by atoms with E-state index in [1.165, 1.54) is 24.0 Å². The summed E-state index contributed by atoms with van der Waals surface area (Å²) in [4.78, 5) is 64.7. The number of pyridine rings is 1. The van der Waals surface area contributed by atoms with Gasteiger partial charge in [0.2, 0.25) is 12.2 Å². The van der Waals surface area contributed by atoms with Crippen LogP contribution in [0, 0.1) is 0 Å². The molecule has 0 aliphatic carbocycles. The molecule has 3 aliphatic heterocycles. The van der Waals surface area contributed by atoms with Gasteiger partial charge in [-0.1, -0.05) is 18.2 Å². The SMILES string of the molecule is CCn1cc(C(=O)OCC2=C(C(=O)[O-])N3C(=O)[C@@H](NC(=O)COc4ccccc4)[C@H]3SC2)c(=O)c2cc3c(cc21)OCO3.[Na+]. The molecule has 1 saturated heterocycles. The quantitative estimate of drug-likeness (QED) is 0.150. The van der Waals surface area contributed by atoms with E-state index >= 15 is 0 Å². The third kappa shape index (κ3) is 5.77. The number of amides is 2. The monoisotopic (exact) mass is 629 g/mol. The molecule has 15 heteroatoms. The van der Waals surface area contributed by atoms with Gasteiger partial charge in [-0.2, -0.15) is 0 Å². The minimum atomic E-state index is -1.63. The first-order valence-electron chi connectivity index (χ1n) is 13.3. The van der Waals surface area contributed by atoms with E-state index < -0.39 is 52.9 Å². The van der Waals surface area contributed by atoms with E-state index in [0.717, 1.165) is 4.90 Å². The van der Waals surface area contributed by atoms with Crippen LogP contribution in [-0.2, 0) is 25.7 Å². The molecule has 3 aromatic rings. The molecule has 0 bridgehead atoms. The van der Waals surface area contributed by atoms with Crippen LogP contribution in [0.4, 0.5) is 0 Å². The number of ether oxygens (including phenoxy) is 4. The van der Waals surface area contributed by atoms with Crippen LogP contribution in [-0.4, -0.2) is 70.4 Å². The van der Waals surface area contributed by atoms with E-state index in [4.69, 9.17) is 18.9 Å². The van der Waals surface area contributed by atoms with Gasteiger partial charge in [0.05, 0.1) is 22.6 Å². The Kier molecular flexibility index (Phi) is 9.25. The third-order valence-corrected chi connectivity index (χ3v) is 8.52. The van der Waals surface area contributed by atoms with E-state index in [1.807, 2.05) is 6.92 Å². The molecular weight excluding hydrogens is 605 g/mol. The summed E-state index contributed by atoms with van der Waals surface area (Å²) in [5.74, 6) is -2.34. The first-order chi connectivity index (χ1) is 20.8. The van der Waals surface area contributed by atoms with Crippen molar-refractivity contribution < 1.29 is 72.8 Å². The van der Waals surface area contributed by atoms with Crippen molar-refractivity contribution in [2.24, 2.45) is 0 Å². The number of aromatic nitrogens is 1. The predicted molar refractivity (Wildman–Crippen MR) is 149 cm³/mol. The third-order valence-electron chi connectivity index (χ3n) is 7.18. The molecular formula is C29H24N3NaO10S. The maximum Gasteiger partial charge on any atom is 1.00 e. The van der Waals surface area contributed by atoms with Gasteiger partial charge in [-0.25, -0.2) is 4.79 Å². The average Bonchev–Trinajstić information content (AvgIpc) is 3.48. The van der Waals surface area contributed by atoms with Crippen LogP contribution in [0.1, 0.15) is 17.3 Å². The molecule has 13 nitrogen and oxygen atoms in total. The number of carboxylic acid groups (broad SMARTS) is 1. The van der Waals surface area contributed by atoms with Gasteiger partial charge >= 0.3 is 35.5 Å². The number of carboxylic acids is 1. The molecule has 1 aromatic heterocycles. The first-order valence-corrected chi connectivity index (χ1v) is 14.3. The van der Waals surface area contributed by atoms with E-state index in [1.54, 1.807) is 41.0 Å². The smallest absolute Gasteiger partial charge is 0.543 e. The van der Waals surface area contributed by atoms with Crippen LogP contribution in [0.3, 0.4) is 0 Å². The van der Waals surface area contributed by atoms with Crippen molar-refractivity contribution in [3.05, 3.63) is 75.7 Å². The second-order valence-electron chi connectivity index (χ2n) is 9.75. The summed E-state index contributed by atoms with van der Waals surface area (Å²) in [5, 5.41) is 14.2. The van der Waals surface area contributed by atoms with Gasteiger partial charge in [-0.05, 0) is 25.1 Å². The molecule has 2 amide bonds. The number of carbonyl (C=O) groups excluding carboxylic acids is 4. The Bertz CT molecular complexity index is 1760. The molecule has 3 aliphatic rings. The number of fused-ring (bicyclic) bond motifs is 3. The van der Waals surface area contributed by atoms with Gasteiger partial charge in [0.15, 0.2) is 18.1 Å². The zero-order valence-corrected chi connectivity index (χ0v) is 26.5. The summed E-state index contributed by atoms with van der Waals surface area (Å²) >= 11 is 1.20. The first kappa shape index (κ1) is 31.4. The van der Waals surface area contributed by atoms with Crippen molar-refractivity contribution in [1.29, 1.82) is 0 Å². The molecule has 4 heterocycles. The number of rotatable bonds is 9. The molecule has 1 N–H and O–H groups in total. The minimum absolute atomic E-state index is 0. The fourth-order valence-electron chi connectivity index (χ4n) is 5.08. The average molecular weight is 630 g/mol. The van der Waals surface area contributed by atoms with Crippen LogP contribution in [0.5, 0.6) is 17.2 Å². The number of thioether (sulfide) groups is 1. The molecule has 0 spiro atoms. The Morgan fingerprint density at radius 1 is 1.11 bits per heavy atom. The predicted octanol–water partition coefficient (Wildman–Crippen LogP) is -2.61. The standard InChI is InChI=1S/C29H25N3O10S.Na/c1-2-31-10-18(25(34)17-8-20-21(9-19(17)31)42-14-41-20)29(38)40-11-15-13-43-27-23(26(35)32(27)24(15)28(36)37)30-22(33)12-39-16-6-4-3-5-7-16;/h3-10,23,27H,2,11-14H2,1H3,(H,30,33)(H,36,37);/q;+1/p-1/t23-,27-;/m1./s1. The number of nitrogens with zero attached hydrogens (tertiary/aromatic N) is 2. The molecule has 6 rings (SSSR count). The van der Waals surface area contributed by atoms with E-state index in [-0.39, 0.29) is 65.2 Å². The van der Waals surface area contributed by atoms with Crippen LogP contribution in [0.25, 0.3) is 10.9 Å². The Balaban J connectivity index is 0.00000384. The zero-order chi connectivity index (χ0) is 30.2. The van der Waals surface area contributed by atoms with Crippen molar-refractivity contribution in [2.45, 2.75) is 24.9 Å². The zero-order valence-electron chi connectivity index (χ0n) is 23.7. The Labute approximate surface area is 276 Å². The number of β-lactam (4-membered cyclic amide) rings is 1. The molecule has 1 fully saturated rings. The van der Waals surface area contributed by atoms with Crippen molar-refractivity contribution in [2.75, 3.05) is 25.8 Å². The molecule has 0 radical (unpaired) electrons. The number of nitrogens with one attached hydrogen (secondary N) is 1. The number of hydrogen-bond acceptors (Lipinski definition) is 11. The number of para-hydroxylation sites is 1. The summed E-state index contributed by atoms with van der Waals surface area (Å²) in [6, 6.07) is 10.9. The maximum atomic E-state index is 13.2. The molecule has 222 valence electrons. The maximum absolute atomic E-state index is 13.2. The number of carbonyl (C=O) groups is 4. The van der Waals surface area contributed by atoms with Crippen LogP contribution >= 0.6 is 11.8 Å². The van der Waals surface area contributed by atoms with E-state index in [2.05, 4.69) is 5.32 Å². The Morgan fingerprint density at radius 3 is 2.55 bits per heavy atom. The Morgan fingerprint density at radius 2 is 1.84 bits per heavy atom. The minimum Gasteiger partial charge on any atom is -0.543 e. The summed E-state index contributed by atoms with van der Waals surface area (Å²) < 4.78 is 23.2. The topological polar surface area (TPSA) is 166 Å². The van der Waals surface area contributed by atoms with Gasteiger partial charge < -0.3 is 38.7 Å². The summed E-state index contributed by atoms with van der Waals surface area (Å²) in [6.07, 6.45) is 1.38. The molecule has 2 aromatic carbocycles. The van der Waals surface area contributed by atoms with E-state index in [9.17, 15) is 29.1 Å². The van der Waals surface area contributed by atoms with Crippen molar-refractivity contribution in [1.82, 2.24) is 14.8 Å². The van der Waals surface area contributed by atoms with Crippen molar-refractivity contribution >= 4 is 46.4 Å². The van der Waals surface area contributed by atoms with Crippen molar-refractivity contribution in [3.8, 4) is 17.2 Å². The number of aryl methyl sites for hydroxylation is 1. The second kappa shape index (κ2) is 12.9. The fraction of sp³-hybridized carbons (Fsp3) is 0.276. The fourth-order valence-corrected chi connectivity index (χ4v) is 6.41. The normalized spacial score (nSPS) is 18.2. The molecule has 0 unspecified atom stereocenters. The number of aliphatic carboxylic acids is 1. The van der Waals surface area contributed by atoms with Gasteiger partial charge in [-0.15, -0.1) is 11.8 Å². The summed E-state index contributed by atoms with van der Waals surface area (Å²) in [6.45, 7) is 1.48. The van der Waals surface area contributed by atoms with Crippen LogP contribution in [0.2, 0.25) is 0 Å². The molecule has 44 heavy (non-hydrogen) atoms. The van der Waals surface area contributed by atoms with Gasteiger partial charge in [0.25, 0.3) is 11.8 Å². The van der Waals surface area contributed by atoms with Gasteiger partial charge in [0, 0.05) is 30.1 Å². The number of hydrogen-bond donors (Lipinski definition) is 1. The Hall–Kier alpha value is -3.98. The number of benzene rings is 2. The largest absolute Gasteiger partial charge is 1.00 e. The number of esters is 1. The summed E-state index contributed by atoms with van der Waals surface area (Å²) in [7, 11) is 0. The van der Waals surface area contributed by atoms with Crippen LogP contribution in [0.15, 0.2) is 64.7 Å². The summed E-state index contributed by atoms with van der Waals surface area (Å²) in [5.41, 5.74) is -0.576. The van der Waals surface area contributed by atoms with Gasteiger partial charge in [-0.3, -0.25) is 19.3 Å². The molecule has 0 saturated carbocycles. The van der Waals surface area contributed by atoms with Crippen LogP contribution < -0.4 is 59.6 Å². The van der Waals surface area contributed by atoms with E-state index in [0.29, 0.717) is 29.3 Å². The van der Waals surface area contributed by atoms with Crippen molar-refractivity contribution in [3.63, 3.8) is 0 Å². The second-order valence-corrected chi connectivity index (χ2v) is 10.9.